The van der Waals surface area contributed by atoms with Crippen LogP contribution in [0.25, 0.3) is 0 Å². The zero-order valence-electron chi connectivity index (χ0n) is 11.6. The lowest BCUT2D eigenvalue weighted by Crippen LogP contribution is -2.38. The van der Waals surface area contributed by atoms with E-state index in [1.165, 1.54) is 25.7 Å². The van der Waals surface area contributed by atoms with Crippen LogP contribution < -0.4 is 11.1 Å². The number of amides is 1. The monoisotopic (exact) mass is 267 g/mol. The minimum absolute atomic E-state index is 0.0259. The van der Waals surface area contributed by atoms with Gasteiger partial charge >= 0.3 is 0 Å². The maximum Gasteiger partial charge on any atom is 0.220 e. The number of hydrogen-bond acceptors (Lipinski definition) is 3. The molecule has 0 aromatic heterocycles. The minimum atomic E-state index is -0.0259. The summed E-state index contributed by atoms with van der Waals surface area (Å²) in [5.41, 5.74) is 5.49. The molecule has 4 N–H and O–H groups in total. The third kappa shape index (κ3) is 3.61. The van der Waals surface area contributed by atoms with Crippen molar-refractivity contribution in [1.82, 2.24) is 5.32 Å². The van der Waals surface area contributed by atoms with E-state index >= 15 is 0 Å². The zero-order valence-corrected chi connectivity index (χ0v) is 11.6. The first-order chi connectivity index (χ1) is 9.12. The molecule has 4 atom stereocenters. The maximum atomic E-state index is 12.1. The van der Waals surface area contributed by atoms with E-state index in [2.05, 4.69) is 10.5 Å². The number of carbonyl (C=O) groups is 1. The van der Waals surface area contributed by atoms with Gasteiger partial charge in [-0.1, -0.05) is 18.5 Å². The molecule has 5 nitrogen and oxygen atoms in total. The summed E-state index contributed by atoms with van der Waals surface area (Å²) in [4.78, 5) is 12.1. The fourth-order valence-electron chi connectivity index (χ4n) is 3.74. The van der Waals surface area contributed by atoms with E-state index in [1.54, 1.807) is 0 Å². The molecule has 5 heteroatoms. The summed E-state index contributed by atoms with van der Waals surface area (Å²) in [7, 11) is 0. The first-order valence-corrected chi connectivity index (χ1v) is 7.38. The van der Waals surface area contributed by atoms with Gasteiger partial charge in [-0.3, -0.25) is 4.79 Å². The van der Waals surface area contributed by atoms with Crippen LogP contribution in [0, 0.1) is 17.8 Å². The van der Waals surface area contributed by atoms with Crippen molar-refractivity contribution in [1.29, 1.82) is 0 Å². The second kappa shape index (κ2) is 6.26. The van der Waals surface area contributed by atoms with Gasteiger partial charge in [-0.15, -0.1) is 0 Å². The number of hydrogen-bond donors (Lipinski definition) is 3. The van der Waals surface area contributed by atoms with Gasteiger partial charge in [-0.05, 0) is 43.4 Å². The molecule has 0 aromatic rings. The maximum absolute atomic E-state index is 12.1. The van der Waals surface area contributed by atoms with Gasteiger partial charge in [0.1, 0.15) is 5.84 Å². The van der Waals surface area contributed by atoms with Crippen LogP contribution in [0.1, 0.15) is 51.9 Å². The van der Waals surface area contributed by atoms with Gasteiger partial charge in [0.15, 0.2) is 0 Å². The third-order valence-corrected chi connectivity index (χ3v) is 4.77. The van der Waals surface area contributed by atoms with Gasteiger partial charge < -0.3 is 16.3 Å². The van der Waals surface area contributed by atoms with E-state index in [1.807, 2.05) is 6.92 Å². The highest BCUT2D eigenvalue weighted by atomic mass is 16.4. The van der Waals surface area contributed by atoms with Crippen LogP contribution in [-0.2, 0) is 4.79 Å². The standard InChI is InChI=1S/C14H25N3O2/c1-2-12(8-13(15)17-19)16-14(18)7-11-6-9-3-4-10(11)5-9/h9-12,19H,2-8H2,1H3,(H2,15,17)(H,16,18). The minimum Gasteiger partial charge on any atom is -0.409 e. The van der Waals surface area contributed by atoms with Gasteiger partial charge in [0.05, 0.1) is 0 Å². The van der Waals surface area contributed by atoms with Crippen LogP contribution in [0.4, 0.5) is 0 Å². The largest absolute Gasteiger partial charge is 0.409 e. The average Bonchev–Trinajstić information content (AvgIpc) is 2.99. The number of nitrogens with two attached hydrogens (primary N) is 1. The van der Waals surface area contributed by atoms with Gasteiger partial charge in [-0.25, -0.2) is 0 Å². The van der Waals surface area contributed by atoms with Crippen molar-refractivity contribution in [2.24, 2.45) is 28.6 Å². The Labute approximate surface area is 114 Å². The predicted molar refractivity (Wildman–Crippen MR) is 73.8 cm³/mol. The Morgan fingerprint density at radius 2 is 2.26 bits per heavy atom. The molecule has 0 radical (unpaired) electrons. The number of oxime groups is 1. The number of amidine groups is 1. The fourth-order valence-corrected chi connectivity index (χ4v) is 3.74. The smallest absolute Gasteiger partial charge is 0.220 e. The van der Waals surface area contributed by atoms with E-state index in [4.69, 9.17) is 10.9 Å². The van der Waals surface area contributed by atoms with Crippen molar-refractivity contribution in [2.45, 2.75) is 57.9 Å². The number of carbonyl (C=O) groups excluding carboxylic acids is 1. The molecule has 2 aliphatic carbocycles. The molecule has 2 fully saturated rings. The van der Waals surface area contributed by atoms with Crippen molar-refractivity contribution < 1.29 is 10.0 Å². The lowest BCUT2D eigenvalue weighted by atomic mass is 9.86. The summed E-state index contributed by atoms with van der Waals surface area (Å²) in [5, 5.41) is 14.5. The zero-order chi connectivity index (χ0) is 13.8. The molecular formula is C14H25N3O2. The van der Waals surface area contributed by atoms with E-state index in [0.717, 1.165) is 18.3 Å². The number of fused-ring (bicyclic) bond motifs is 2. The van der Waals surface area contributed by atoms with Crippen LogP contribution in [0.15, 0.2) is 5.16 Å². The quantitative estimate of drug-likeness (QED) is 0.297. The van der Waals surface area contributed by atoms with Gasteiger partial charge in [0, 0.05) is 18.9 Å². The van der Waals surface area contributed by atoms with Gasteiger partial charge in [0.25, 0.3) is 0 Å². The molecule has 108 valence electrons. The Morgan fingerprint density at radius 1 is 1.47 bits per heavy atom. The molecule has 4 unspecified atom stereocenters. The highest BCUT2D eigenvalue weighted by Crippen LogP contribution is 2.49. The molecule has 2 rings (SSSR count). The highest BCUT2D eigenvalue weighted by Gasteiger charge is 2.40. The van der Waals surface area contributed by atoms with Crippen LogP contribution in [-0.4, -0.2) is 23.0 Å². The molecule has 0 aromatic carbocycles. The highest BCUT2D eigenvalue weighted by molar-refractivity contribution is 5.82. The third-order valence-electron chi connectivity index (χ3n) is 4.77. The fraction of sp³-hybridized carbons (Fsp3) is 0.857. The molecule has 1 amide bonds. The van der Waals surface area contributed by atoms with Crippen LogP contribution >= 0.6 is 0 Å². The van der Waals surface area contributed by atoms with Crippen molar-refractivity contribution in [3.63, 3.8) is 0 Å². The Morgan fingerprint density at radius 3 is 2.79 bits per heavy atom. The first kappa shape index (κ1) is 14.2. The van der Waals surface area contributed by atoms with Crippen molar-refractivity contribution in [3.05, 3.63) is 0 Å². The van der Waals surface area contributed by atoms with E-state index in [9.17, 15) is 4.79 Å². The van der Waals surface area contributed by atoms with Crippen LogP contribution in [0.5, 0.6) is 0 Å². The molecule has 0 heterocycles. The number of nitrogens with zero attached hydrogens (tertiary/aromatic N) is 1. The van der Waals surface area contributed by atoms with Crippen molar-refractivity contribution in [3.8, 4) is 0 Å². The average molecular weight is 267 g/mol. The van der Waals surface area contributed by atoms with Crippen LogP contribution in [0.2, 0.25) is 0 Å². The molecule has 2 aliphatic rings. The summed E-state index contributed by atoms with van der Waals surface area (Å²) in [6, 6.07) is -0.0259. The molecule has 0 spiro atoms. The Balaban J connectivity index is 1.76. The van der Waals surface area contributed by atoms with Gasteiger partial charge in [-0.2, -0.15) is 0 Å². The molecule has 0 aliphatic heterocycles. The second-order valence-corrected chi connectivity index (χ2v) is 6.11. The summed E-state index contributed by atoms with van der Waals surface area (Å²) in [6.07, 6.45) is 7.09. The lowest BCUT2D eigenvalue weighted by Gasteiger charge is -2.23. The number of rotatable bonds is 6. The second-order valence-electron chi connectivity index (χ2n) is 6.11. The molecule has 0 saturated heterocycles. The van der Waals surface area contributed by atoms with Gasteiger partial charge in [0.2, 0.25) is 5.91 Å². The summed E-state index contributed by atoms with van der Waals surface area (Å²) < 4.78 is 0. The molecule has 2 bridgehead atoms. The Hall–Kier alpha value is -1.26. The number of nitrogens with one attached hydrogen (secondary N) is 1. The van der Waals surface area contributed by atoms with Crippen LogP contribution in [0.3, 0.4) is 0 Å². The molecular weight excluding hydrogens is 242 g/mol. The molecule has 19 heavy (non-hydrogen) atoms. The molecule has 2 saturated carbocycles. The Bertz CT molecular complexity index is 357. The summed E-state index contributed by atoms with van der Waals surface area (Å²) >= 11 is 0. The van der Waals surface area contributed by atoms with Crippen molar-refractivity contribution in [2.75, 3.05) is 0 Å². The van der Waals surface area contributed by atoms with E-state index < -0.39 is 0 Å². The van der Waals surface area contributed by atoms with Crippen molar-refractivity contribution >= 4 is 11.7 Å². The normalized spacial score (nSPS) is 31.4. The predicted octanol–water partition coefficient (Wildman–Crippen LogP) is 1.84. The van der Waals surface area contributed by atoms with E-state index in [-0.39, 0.29) is 17.8 Å². The Kier molecular flexibility index (Phi) is 4.66. The lowest BCUT2D eigenvalue weighted by molar-refractivity contribution is -0.123. The topological polar surface area (TPSA) is 87.7 Å². The van der Waals surface area contributed by atoms with E-state index in [0.29, 0.717) is 18.8 Å². The first-order valence-electron chi connectivity index (χ1n) is 7.38. The SMILES string of the molecule is CCC(CC(N)=NO)NC(=O)CC1CC2CCC1C2. The summed E-state index contributed by atoms with van der Waals surface area (Å²) in [5.74, 6) is 2.53. The summed E-state index contributed by atoms with van der Waals surface area (Å²) in [6.45, 7) is 1.99.